The van der Waals surface area contributed by atoms with Gasteiger partial charge in [-0.3, -0.25) is 4.79 Å². The third kappa shape index (κ3) is 3.33. The van der Waals surface area contributed by atoms with Gasteiger partial charge in [0.15, 0.2) is 0 Å². The van der Waals surface area contributed by atoms with Crippen LogP contribution in [-0.2, 0) is 0 Å². The summed E-state index contributed by atoms with van der Waals surface area (Å²) in [5.74, 6) is 0.0828. The maximum atomic E-state index is 12.1. The molecule has 2 heterocycles. The lowest BCUT2D eigenvalue weighted by molar-refractivity contribution is 0.0761. The van der Waals surface area contributed by atoms with Gasteiger partial charge in [-0.1, -0.05) is 15.9 Å². The van der Waals surface area contributed by atoms with Crippen LogP contribution in [0.1, 0.15) is 16.8 Å². The first-order valence-electron chi connectivity index (χ1n) is 5.91. The van der Waals surface area contributed by atoms with Crippen molar-refractivity contribution in [2.24, 2.45) is 0 Å². The summed E-state index contributed by atoms with van der Waals surface area (Å²) in [6, 6.07) is 1.73. The second-order valence-corrected chi connectivity index (χ2v) is 4.98. The zero-order valence-corrected chi connectivity index (χ0v) is 11.4. The maximum absolute atomic E-state index is 12.1. The van der Waals surface area contributed by atoms with Crippen LogP contribution in [0.3, 0.4) is 0 Å². The van der Waals surface area contributed by atoms with Crippen molar-refractivity contribution >= 4 is 21.8 Å². The van der Waals surface area contributed by atoms with Gasteiger partial charge in [0.05, 0.1) is 11.8 Å². The molecule has 1 aromatic heterocycles. The van der Waals surface area contributed by atoms with Crippen LogP contribution >= 0.6 is 15.9 Å². The molecule has 0 atom stereocenters. The summed E-state index contributed by atoms with van der Waals surface area (Å²) in [7, 11) is 0. The number of carbonyl (C=O) groups excluding carboxylic acids is 1. The highest BCUT2D eigenvalue weighted by Gasteiger charge is 2.20. The predicted molar refractivity (Wildman–Crippen MR) is 69.5 cm³/mol. The fraction of sp³-hybridized carbons (Fsp3) is 0.583. The van der Waals surface area contributed by atoms with Crippen LogP contribution in [0.2, 0.25) is 0 Å². The molecule has 1 fully saturated rings. The molecule has 0 spiro atoms. The van der Waals surface area contributed by atoms with Gasteiger partial charge in [0.25, 0.3) is 5.91 Å². The highest BCUT2D eigenvalue weighted by Crippen LogP contribution is 2.09. The third-order valence-electron chi connectivity index (χ3n) is 3.04. The summed E-state index contributed by atoms with van der Waals surface area (Å²) in [6.07, 6.45) is 4.10. The van der Waals surface area contributed by atoms with Crippen molar-refractivity contribution in [2.75, 3.05) is 38.1 Å². The summed E-state index contributed by atoms with van der Waals surface area (Å²) in [6.45, 7) is 4.71. The van der Waals surface area contributed by atoms with E-state index in [2.05, 4.69) is 20.8 Å². The van der Waals surface area contributed by atoms with Crippen LogP contribution in [0.25, 0.3) is 0 Å². The van der Waals surface area contributed by atoms with Gasteiger partial charge < -0.3 is 14.2 Å². The quantitative estimate of drug-likeness (QED) is 0.799. The zero-order valence-electron chi connectivity index (χ0n) is 9.77. The Hall–Kier alpha value is -0.810. The van der Waals surface area contributed by atoms with Crippen molar-refractivity contribution < 1.29 is 9.21 Å². The lowest BCUT2D eigenvalue weighted by Gasteiger charge is -2.20. The van der Waals surface area contributed by atoms with Crippen LogP contribution in [-0.4, -0.2) is 53.8 Å². The lowest BCUT2D eigenvalue weighted by Crippen LogP contribution is -2.35. The van der Waals surface area contributed by atoms with E-state index < -0.39 is 0 Å². The number of furan rings is 1. The van der Waals surface area contributed by atoms with Gasteiger partial charge in [-0.15, -0.1) is 0 Å². The second-order valence-electron chi connectivity index (χ2n) is 4.19. The van der Waals surface area contributed by atoms with E-state index in [-0.39, 0.29) is 5.91 Å². The molecule has 1 amide bonds. The van der Waals surface area contributed by atoms with E-state index in [0.29, 0.717) is 5.56 Å². The first-order chi connectivity index (χ1) is 8.31. The largest absolute Gasteiger partial charge is 0.472 e. The summed E-state index contributed by atoms with van der Waals surface area (Å²) < 4.78 is 4.95. The topological polar surface area (TPSA) is 36.7 Å². The van der Waals surface area contributed by atoms with Gasteiger partial charge in [-0.2, -0.15) is 0 Å². The molecule has 17 heavy (non-hydrogen) atoms. The van der Waals surface area contributed by atoms with Gasteiger partial charge >= 0.3 is 0 Å². The van der Waals surface area contributed by atoms with Crippen molar-refractivity contribution in [1.29, 1.82) is 0 Å². The van der Waals surface area contributed by atoms with Crippen molar-refractivity contribution in [1.82, 2.24) is 9.80 Å². The number of hydrogen-bond donors (Lipinski definition) is 0. The molecular formula is C12H17BrN2O2. The Morgan fingerprint density at radius 1 is 1.35 bits per heavy atom. The molecule has 4 nitrogen and oxygen atoms in total. The molecule has 1 saturated heterocycles. The molecule has 2 rings (SSSR count). The fourth-order valence-corrected chi connectivity index (χ4v) is 2.59. The van der Waals surface area contributed by atoms with Crippen LogP contribution in [0.5, 0.6) is 0 Å². The minimum absolute atomic E-state index is 0.0828. The lowest BCUT2D eigenvalue weighted by atomic mass is 10.3. The molecule has 1 aliphatic rings. The Bertz CT molecular complexity index is 353. The molecule has 0 aliphatic carbocycles. The smallest absolute Gasteiger partial charge is 0.257 e. The number of halogens is 1. The second kappa shape index (κ2) is 6.21. The van der Waals surface area contributed by atoms with Crippen LogP contribution in [0.15, 0.2) is 23.0 Å². The van der Waals surface area contributed by atoms with E-state index in [9.17, 15) is 4.79 Å². The van der Waals surface area contributed by atoms with E-state index >= 15 is 0 Å². The molecule has 0 bridgehead atoms. The number of nitrogens with zero attached hydrogens (tertiary/aromatic N) is 2. The van der Waals surface area contributed by atoms with E-state index in [1.165, 1.54) is 6.26 Å². The Morgan fingerprint density at radius 3 is 2.94 bits per heavy atom. The monoisotopic (exact) mass is 300 g/mol. The molecular weight excluding hydrogens is 284 g/mol. The van der Waals surface area contributed by atoms with Crippen molar-refractivity contribution in [3.63, 3.8) is 0 Å². The van der Waals surface area contributed by atoms with E-state index in [4.69, 9.17) is 4.42 Å². The fourth-order valence-electron chi connectivity index (χ4n) is 2.09. The van der Waals surface area contributed by atoms with Gasteiger partial charge in [-0.25, -0.2) is 0 Å². The minimum atomic E-state index is 0.0828. The molecule has 1 aromatic rings. The highest BCUT2D eigenvalue weighted by atomic mass is 79.9. The molecule has 0 radical (unpaired) electrons. The minimum Gasteiger partial charge on any atom is -0.472 e. The third-order valence-corrected chi connectivity index (χ3v) is 3.40. The summed E-state index contributed by atoms with van der Waals surface area (Å²) in [4.78, 5) is 16.4. The van der Waals surface area contributed by atoms with E-state index in [1.807, 2.05) is 4.90 Å². The standard InChI is InChI=1S/C12H17BrN2O2/c13-3-6-14-4-1-5-15(8-7-14)12(16)11-2-9-17-10-11/h2,9-10H,1,3-8H2. The SMILES string of the molecule is O=C(c1ccoc1)N1CCCN(CCBr)CC1. The molecule has 0 N–H and O–H groups in total. The number of amides is 1. The highest BCUT2D eigenvalue weighted by molar-refractivity contribution is 9.09. The van der Waals surface area contributed by atoms with Crippen LogP contribution in [0.4, 0.5) is 0 Å². The Morgan fingerprint density at radius 2 is 2.24 bits per heavy atom. The molecule has 5 heteroatoms. The number of alkyl halides is 1. The average molecular weight is 301 g/mol. The Kier molecular flexibility index (Phi) is 4.62. The van der Waals surface area contributed by atoms with Gasteiger partial charge in [0.1, 0.15) is 6.26 Å². The van der Waals surface area contributed by atoms with E-state index in [0.717, 1.165) is 44.5 Å². The molecule has 0 saturated carbocycles. The predicted octanol–water partition coefficient (Wildman–Crippen LogP) is 1.82. The van der Waals surface area contributed by atoms with Crippen molar-refractivity contribution in [3.05, 3.63) is 24.2 Å². The summed E-state index contributed by atoms with van der Waals surface area (Å²) >= 11 is 3.45. The normalized spacial score (nSPS) is 18.1. The summed E-state index contributed by atoms with van der Waals surface area (Å²) in [5, 5.41) is 0.989. The first kappa shape index (κ1) is 12.6. The molecule has 1 aliphatic heterocycles. The number of rotatable bonds is 3. The average Bonchev–Trinajstić information content (AvgIpc) is 2.76. The van der Waals surface area contributed by atoms with Crippen LogP contribution < -0.4 is 0 Å². The van der Waals surface area contributed by atoms with E-state index in [1.54, 1.807) is 12.3 Å². The first-order valence-corrected chi connectivity index (χ1v) is 7.03. The maximum Gasteiger partial charge on any atom is 0.257 e. The molecule has 0 aromatic carbocycles. The number of carbonyl (C=O) groups is 1. The Balaban J connectivity index is 1.92. The molecule has 0 unspecified atom stereocenters. The molecule has 94 valence electrons. The van der Waals surface area contributed by atoms with Crippen molar-refractivity contribution in [3.8, 4) is 0 Å². The zero-order chi connectivity index (χ0) is 12.1. The summed E-state index contributed by atoms with van der Waals surface area (Å²) in [5.41, 5.74) is 0.652. The van der Waals surface area contributed by atoms with Gasteiger partial charge in [0.2, 0.25) is 0 Å². The van der Waals surface area contributed by atoms with Gasteiger partial charge in [-0.05, 0) is 19.0 Å². The van der Waals surface area contributed by atoms with Crippen LogP contribution in [0, 0.1) is 0 Å². The van der Waals surface area contributed by atoms with Gasteiger partial charge in [0, 0.05) is 31.5 Å². The Labute approximate surface area is 110 Å². The number of hydrogen-bond acceptors (Lipinski definition) is 3. The van der Waals surface area contributed by atoms with Crippen molar-refractivity contribution in [2.45, 2.75) is 6.42 Å².